The summed E-state index contributed by atoms with van der Waals surface area (Å²) in [4.78, 5) is 97.9. The molecule has 2 saturated heterocycles. The minimum atomic E-state index is -1.84. The van der Waals surface area contributed by atoms with E-state index in [0.29, 0.717) is 21.2 Å². The smallest absolute Gasteiger partial charge is 0.303 e. The lowest BCUT2D eigenvalue weighted by Gasteiger charge is -2.48. The Morgan fingerprint density at radius 2 is 1.10 bits per heavy atom. The number of halogens is 1. The van der Waals surface area contributed by atoms with Crippen LogP contribution < -0.4 is 9.60 Å². The number of rotatable bonds is 14. The summed E-state index contributed by atoms with van der Waals surface area (Å²) in [6, 6.07) is 16.0. The fraction of sp³-hybridized carbons (Fsp3) is 0.475. The summed E-state index contributed by atoms with van der Waals surface area (Å²) < 4.78 is 59.5. The molecule has 0 aliphatic carbocycles. The zero-order valence-electron chi connectivity index (χ0n) is 34.9. The fourth-order valence-electron chi connectivity index (χ4n) is 6.53. The van der Waals surface area contributed by atoms with E-state index in [1.807, 2.05) is 18.2 Å². The van der Waals surface area contributed by atoms with E-state index in [4.69, 9.17) is 69.0 Å². The van der Waals surface area contributed by atoms with E-state index in [1.54, 1.807) is 41.0 Å². The van der Waals surface area contributed by atoms with E-state index in [9.17, 15) is 33.6 Å². The van der Waals surface area contributed by atoms with Crippen LogP contribution in [-0.2, 0) is 80.9 Å². The molecule has 5 rings (SSSR count). The predicted octanol–water partition coefficient (Wildman–Crippen LogP) is 3.01. The number of nitrogens with zero attached hydrogens (tertiary/aromatic N) is 3. The summed E-state index contributed by atoms with van der Waals surface area (Å²) in [7, 11) is 2.42. The van der Waals surface area contributed by atoms with E-state index in [0.717, 1.165) is 48.5 Å². The van der Waals surface area contributed by atoms with Crippen LogP contribution in [0, 0.1) is 0 Å². The summed E-state index contributed by atoms with van der Waals surface area (Å²) in [6.45, 7) is 6.36. The summed E-state index contributed by atoms with van der Waals surface area (Å²) >= 11 is 6.42. The number of hydrogen-bond acceptors (Lipinski definition) is 21. The van der Waals surface area contributed by atoms with E-state index in [2.05, 4.69) is 0 Å². The van der Waals surface area contributed by atoms with E-state index in [-0.39, 0.29) is 4.80 Å². The zero-order valence-corrected chi connectivity index (χ0v) is 37.2. The highest BCUT2D eigenvalue weighted by molar-refractivity contribution is 7.67. The number of esters is 7. The van der Waals surface area contributed by atoms with Crippen molar-refractivity contribution in [3.8, 4) is 5.69 Å². The Hall–Kier alpha value is -5.52. The van der Waals surface area contributed by atoms with Gasteiger partial charge in [-0.1, -0.05) is 35.9 Å². The van der Waals surface area contributed by atoms with Gasteiger partial charge in [-0.2, -0.15) is 0 Å². The summed E-state index contributed by atoms with van der Waals surface area (Å²) in [5.74, 6) is -5.97. The number of para-hydroxylation sites is 1. The van der Waals surface area contributed by atoms with Gasteiger partial charge >= 0.3 is 41.8 Å². The second-order valence-electron chi connectivity index (χ2n) is 13.8. The van der Waals surface area contributed by atoms with Gasteiger partial charge in [0, 0.05) is 53.5 Å². The molecule has 3 aromatic rings. The maximum absolute atomic E-state index is 12.9. The molecule has 1 aromatic heterocycles. The second kappa shape index (κ2) is 22.2. The van der Waals surface area contributed by atoms with Gasteiger partial charge in [-0.25, -0.2) is 9.98 Å². The highest BCUT2D eigenvalue weighted by Gasteiger charge is 2.57. The van der Waals surface area contributed by atoms with E-state index < -0.39 is 116 Å². The molecular formula is C40H44ClN3O17S2. The van der Waals surface area contributed by atoms with Crippen molar-refractivity contribution in [1.29, 1.82) is 0 Å². The van der Waals surface area contributed by atoms with E-state index >= 15 is 0 Å². The van der Waals surface area contributed by atoms with Crippen molar-refractivity contribution in [3.63, 3.8) is 0 Å². The molecule has 0 spiro atoms. The van der Waals surface area contributed by atoms with Crippen molar-refractivity contribution in [2.45, 2.75) is 110 Å². The molecule has 0 unspecified atom stereocenters. The molecule has 0 radical (unpaired) electrons. The Balaban J connectivity index is 1.69. The molecule has 2 fully saturated rings. The highest BCUT2D eigenvalue weighted by Crippen LogP contribution is 2.35. The SMILES string of the molecule is CC(=O)OC[C@H]1O[C@@H](O[C@H]2[C@H](OC(C)=O)[C@@H](OC(C)=O)[C@H](/N=c3\ssc(=Nc4ccccc4)n3-c3cccc(Cl)c3)O[C@@H]2COC(C)=O)[C@H](OC(C)=O)[C@@H](OC(C)=O)[C@H]1OC(C)=O. The monoisotopic (exact) mass is 937 g/mol. The lowest BCUT2D eigenvalue weighted by Crippen LogP contribution is -2.67. The molecule has 2 aromatic carbocycles. The zero-order chi connectivity index (χ0) is 46.0. The molecular weight excluding hydrogens is 894 g/mol. The molecule has 23 heteroatoms. The van der Waals surface area contributed by atoms with Crippen LogP contribution >= 0.6 is 32.3 Å². The Kier molecular flexibility index (Phi) is 17.1. The minimum absolute atomic E-state index is 0.255. The molecule has 340 valence electrons. The standard InChI is InChI=1S/C40H44ClN3O17S2/c1-19(45)52-17-29-32(61-38-36(58-25(7)51)34(56-23(5)49)31(54-21(3)47)30(60-38)18-53-20(2)46)33(55-22(4)48)35(57-24(6)50)37(59-29)43-40-44(28-15-11-12-26(41)16-28)39(62-63-40)42-27-13-9-8-10-14-27/h8-16,29-38H,17-18H2,1-7H3/b42-39?,43-40-/t29-,30-,31+,32-,33+,34+,35-,36-,37-,38+/m1/s1. The van der Waals surface area contributed by atoms with E-state index in [1.165, 1.54) is 20.7 Å². The van der Waals surface area contributed by atoms with Crippen LogP contribution in [0.15, 0.2) is 64.6 Å². The molecule has 0 saturated carbocycles. The lowest BCUT2D eigenvalue weighted by atomic mass is 9.95. The summed E-state index contributed by atoms with van der Waals surface area (Å²) in [6.07, 6.45) is -16.1. The van der Waals surface area contributed by atoms with Crippen LogP contribution in [0.25, 0.3) is 5.69 Å². The molecule has 0 amide bonds. The van der Waals surface area contributed by atoms with Crippen LogP contribution in [0.4, 0.5) is 5.69 Å². The Labute approximate surface area is 371 Å². The maximum Gasteiger partial charge on any atom is 0.303 e. The third kappa shape index (κ3) is 13.5. The van der Waals surface area contributed by atoms with Gasteiger partial charge in [-0.05, 0) is 51.0 Å². The number of carbonyl (C=O) groups is 7. The Morgan fingerprint density at radius 1 is 0.587 bits per heavy atom. The first-order chi connectivity index (χ1) is 29.9. The van der Waals surface area contributed by atoms with Gasteiger partial charge in [0.05, 0.1) is 11.4 Å². The topological polar surface area (TPSA) is 241 Å². The second-order valence-corrected chi connectivity index (χ2v) is 16.3. The predicted molar refractivity (Wildman–Crippen MR) is 217 cm³/mol. The quantitative estimate of drug-likeness (QED) is 0.128. The number of hydrogen-bond donors (Lipinski definition) is 0. The van der Waals surface area contributed by atoms with Gasteiger partial charge in [0.15, 0.2) is 43.0 Å². The first-order valence-electron chi connectivity index (χ1n) is 19.1. The van der Waals surface area contributed by atoms with Gasteiger partial charge in [-0.3, -0.25) is 38.1 Å². The Bertz CT molecular complexity index is 2300. The van der Waals surface area contributed by atoms with Crippen molar-refractivity contribution in [2.75, 3.05) is 13.2 Å². The summed E-state index contributed by atoms with van der Waals surface area (Å²) in [5.41, 5.74) is 1.17. The fourth-order valence-corrected chi connectivity index (χ4v) is 8.88. The average Bonchev–Trinajstić information content (AvgIpc) is 3.58. The third-order valence-electron chi connectivity index (χ3n) is 8.76. The van der Waals surface area contributed by atoms with Crippen LogP contribution in [0.2, 0.25) is 5.02 Å². The van der Waals surface area contributed by atoms with Crippen molar-refractivity contribution in [3.05, 3.63) is 69.2 Å². The normalized spacial score (nSPS) is 26.2. The van der Waals surface area contributed by atoms with Crippen molar-refractivity contribution < 1.29 is 80.9 Å². The molecule has 63 heavy (non-hydrogen) atoms. The molecule has 20 nitrogen and oxygen atoms in total. The number of aromatic nitrogens is 1. The number of carbonyl (C=O) groups excluding carboxylic acids is 7. The van der Waals surface area contributed by atoms with Crippen molar-refractivity contribution >= 4 is 79.8 Å². The van der Waals surface area contributed by atoms with Crippen LogP contribution in [0.3, 0.4) is 0 Å². The summed E-state index contributed by atoms with van der Waals surface area (Å²) in [5, 5.41) is 0.401. The Morgan fingerprint density at radius 3 is 1.65 bits per heavy atom. The first kappa shape index (κ1) is 48.5. The van der Waals surface area contributed by atoms with Gasteiger partial charge in [-0.15, -0.1) is 0 Å². The number of ether oxygens (including phenoxy) is 10. The molecule has 0 N–H and O–H groups in total. The molecule has 2 aliphatic heterocycles. The lowest BCUT2D eigenvalue weighted by molar-refractivity contribution is -0.344. The third-order valence-corrected chi connectivity index (χ3v) is 11.1. The minimum Gasteiger partial charge on any atom is -0.463 e. The van der Waals surface area contributed by atoms with Crippen LogP contribution in [-0.4, -0.2) is 121 Å². The van der Waals surface area contributed by atoms with Gasteiger partial charge in [0.1, 0.15) is 31.5 Å². The van der Waals surface area contributed by atoms with Crippen LogP contribution in [0.5, 0.6) is 0 Å². The van der Waals surface area contributed by atoms with Crippen molar-refractivity contribution in [2.24, 2.45) is 9.98 Å². The van der Waals surface area contributed by atoms with Gasteiger partial charge in [0.25, 0.3) is 0 Å². The first-order valence-corrected chi connectivity index (χ1v) is 21.6. The number of benzene rings is 2. The van der Waals surface area contributed by atoms with Crippen molar-refractivity contribution in [1.82, 2.24) is 4.57 Å². The maximum atomic E-state index is 12.9. The average molecular weight is 938 g/mol. The molecule has 3 heterocycles. The van der Waals surface area contributed by atoms with Gasteiger partial charge in [0.2, 0.25) is 9.60 Å². The molecule has 2 aliphatic rings. The van der Waals surface area contributed by atoms with Crippen LogP contribution in [0.1, 0.15) is 48.5 Å². The molecule has 10 atom stereocenters. The highest BCUT2D eigenvalue weighted by atomic mass is 35.5. The molecule has 0 bridgehead atoms. The van der Waals surface area contributed by atoms with Gasteiger partial charge < -0.3 is 47.4 Å². The largest absolute Gasteiger partial charge is 0.463 e.